The molecule has 0 amide bonds. The maximum Gasteiger partial charge on any atom is 0.317 e. The molecule has 0 N–H and O–H groups in total. The first-order valence-corrected chi connectivity index (χ1v) is 6.92. The molecule has 0 aliphatic carbocycles. The van der Waals surface area contributed by atoms with Gasteiger partial charge in [0.05, 0.1) is 46.0 Å². The third-order valence-corrected chi connectivity index (χ3v) is 3.29. The highest BCUT2D eigenvalue weighted by molar-refractivity contribution is 5.89. The van der Waals surface area contributed by atoms with Gasteiger partial charge in [-0.2, -0.15) is 0 Å². The van der Waals surface area contributed by atoms with Crippen LogP contribution in [0.1, 0.15) is 25.7 Å². The zero-order valence-electron chi connectivity index (χ0n) is 12.7. The molecule has 1 aliphatic heterocycles. The van der Waals surface area contributed by atoms with Crippen molar-refractivity contribution in [3.63, 3.8) is 0 Å². The van der Waals surface area contributed by atoms with Gasteiger partial charge >= 0.3 is 23.9 Å². The molecule has 8 nitrogen and oxygen atoms in total. The Morgan fingerprint density at radius 1 is 1.14 bits per heavy atom. The number of rotatable bonds is 4. The van der Waals surface area contributed by atoms with Crippen LogP contribution in [0.4, 0.5) is 0 Å². The molecule has 1 rings (SSSR count). The van der Waals surface area contributed by atoms with E-state index in [0.29, 0.717) is 0 Å². The summed E-state index contributed by atoms with van der Waals surface area (Å²) in [6, 6.07) is 0. The number of ether oxygens (including phenoxy) is 4. The van der Waals surface area contributed by atoms with Gasteiger partial charge < -0.3 is 18.9 Å². The van der Waals surface area contributed by atoms with Crippen LogP contribution >= 0.6 is 0 Å². The lowest BCUT2D eigenvalue weighted by Crippen LogP contribution is -2.29. The van der Waals surface area contributed by atoms with Crippen LogP contribution < -0.4 is 0 Å². The van der Waals surface area contributed by atoms with Crippen molar-refractivity contribution in [2.75, 3.05) is 27.4 Å². The molecule has 0 aromatic carbocycles. The summed E-state index contributed by atoms with van der Waals surface area (Å²) >= 11 is 0. The van der Waals surface area contributed by atoms with Crippen molar-refractivity contribution < 1.29 is 38.1 Å². The molecule has 1 heterocycles. The maximum absolute atomic E-state index is 11.9. The van der Waals surface area contributed by atoms with Gasteiger partial charge in [-0.25, -0.2) is 0 Å². The number of hydrogen-bond donors (Lipinski definition) is 0. The summed E-state index contributed by atoms with van der Waals surface area (Å²) < 4.78 is 19.2. The first-order valence-electron chi connectivity index (χ1n) is 6.92. The second-order valence-electron chi connectivity index (χ2n) is 4.98. The van der Waals surface area contributed by atoms with Crippen molar-refractivity contribution >= 4 is 23.9 Å². The minimum absolute atomic E-state index is 0.00534. The quantitative estimate of drug-likeness (QED) is 0.412. The van der Waals surface area contributed by atoms with Gasteiger partial charge in [0.1, 0.15) is 0 Å². The smallest absolute Gasteiger partial charge is 0.317 e. The molecule has 0 saturated carbocycles. The number of carbonyl (C=O) groups is 4. The van der Waals surface area contributed by atoms with E-state index in [1.807, 2.05) is 0 Å². The van der Waals surface area contributed by atoms with Crippen molar-refractivity contribution in [1.82, 2.24) is 0 Å². The molecule has 0 radical (unpaired) electrons. The van der Waals surface area contributed by atoms with Gasteiger partial charge in [-0.3, -0.25) is 19.2 Å². The summed E-state index contributed by atoms with van der Waals surface area (Å²) in [6.45, 7) is 0.381. The topological polar surface area (TPSA) is 105 Å². The van der Waals surface area contributed by atoms with Crippen molar-refractivity contribution in [2.24, 2.45) is 11.8 Å². The Balaban J connectivity index is 2.65. The van der Waals surface area contributed by atoms with Crippen molar-refractivity contribution in [3.05, 3.63) is 0 Å². The van der Waals surface area contributed by atoms with E-state index >= 15 is 0 Å². The molecule has 1 fully saturated rings. The van der Waals surface area contributed by atoms with Crippen LogP contribution in [-0.4, -0.2) is 51.3 Å². The lowest BCUT2D eigenvalue weighted by atomic mass is 10.00. The van der Waals surface area contributed by atoms with Gasteiger partial charge in [0.25, 0.3) is 0 Å². The molecule has 8 heteroatoms. The first-order chi connectivity index (χ1) is 10.5. The molecule has 0 unspecified atom stereocenters. The van der Waals surface area contributed by atoms with E-state index in [-0.39, 0.29) is 38.9 Å². The average molecular weight is 316 g/mol. The highest BCUT2D eigenvalue weighted by atomic mass is 16.6. The molecule has 2 atom stereocenters. The van der Waals surface area contributed by atoms with Crippen molar-refractivity contribution in [2.45, 2.75) is 25.7 Å². The SMILES string of the molecule is COC(=O)C[C@@H]1COCC[C@@H](CC(=O)OC)C(=O)OC(=O)C1. The fourth-order valence-corrected chi connectivity index (χ4v) is 2.05. The molecular weight excluding hydrogens is 296 g/mol. The molecule has 124 valence electrons. The average Bonchev–Trinajstić information content (AvgIpc) is 2.48. The predicted octanol–water partition coefficient (Wildman–Crippen LogP) is 0.225. The third-order valence-electron chi connectivity index (χ3n) is 3.29. The van der Waals surface area contributed by atoms with E-state index in [1.165, 1.54) is 14.2 Å². The van der Waals surface area contributed by atoms with Crippen LogP contribution in [0, 0.1) is 11.8 Å². The van der Waals surface area contributed by atoms with Crippen molar-refractivity contribution in [3.8, 4) is 0 Å². The van der Waals surface area contributed by atoms with Crippen molar-refractivity contribution in [1.29, 1.82) is 0 Å². The molecule has 1 aliphatic rings. The van der Waals surface area contributed by atoms with Gasteiger partial charge in [-0.1, -0.05) is 0 Å². The van der Waals surface area contributed by atoms with Gasteiger partial charge in [0, 0.05) is 12.5 Å². The summed E-state index contributed by atoms with van der Waals surface area (Å²) in [7, 11) is 2.47. The maximum atomic E-state index is 11.9. The van der Waals surface area contributed by atoms with E-state index in [9.17, 15) is 19.2 Å². The zero-order valence-corrected chi connectivity index (χ0v) is 12.7. The van der Waals surface area contributed by atoms with E-state index in [2.05, 4.69) is 9.47 Å². The monoisotopic (exact) mass is 316 g/mol. The predicted molar refractivity (Wildman–Crippen MR) is 71.4 cm³/mol. The van der Waals surface area contributed by atoms with E-state index in [0.717, 1.165) is 0 Å². The van der Waals surface area contributed by atoms with Crippen LogP contribution in [-0.2, 0) is 38.1 Å². The summed E-state index contributed by atoms with van der Waals surface area (Å²) in [4.78, 5) is 46.1. The Hall–Kier alpha value is -1.96. The fourth-order valence-electron chi connectivity index (χ4n) is 2.05. The lowest BCUT2D eigenvalue weighted by molar-refractivity contribution is -0.167. The largest absolute Gasteiger partial charge is 0.469 e. The summed E-state index contributed by atoms with van der Waals surface area (Å²) in [5.41, 5.74) is 0. The summed E-state index contributed by atoms with van der Waals surface area (Å²) in [6.07, 6.45) is -0.0686. The van der Waals surface area contributed by atoms with Gasteiger partial charge in [-0.05, 0) is 6.42 Å². The third kappa shape index (κ3) is 6.21. The molecule has 0 aromatic rings. The minimum atomic E-state index is -0.784. The molecule has 0 spiro atoms. The van der Waals surface area contributed by atoms with Crippen LogP contribution in [0.3, 0.4) is 0 Å². The number of hydrogen-bond acceptors (Lipinski definition) is 8. The number of cyclic esters (lactones) is 2. The molecule has 1 saturated heterocycles. The van der Waals surface area contributed by atoms with E-state index < -0.39 is 35.7 Å². The molecule has 0 bridgehead atoms. The second kappa shape index (κ2) is 9.14. The second-order valence-corrected chi connectivity index (χ2v) is 4.98. The zero-order chi connectivity index (χ0) is 16.5. The van der Waals surface area contributed by atoms with Crippen LogP contribution in [0.5, 0.6) is 0 Å². The lowest BCUT2D eigenvalue weighted by Gasteiger charge is -2.20. The van der Waals surface area contributed by atoms with Crippen LogP contribution in [0.15, 0.2) is 0 Å². The Morgan fingerprint density at radius 3 is 2.41 bits per heavy atom. The molecule has 0 aromatic heterocycles. The highest BCUT2D eigenvalue weighted by Gasteiger charge is 2.29. The Labute approximate surface area is 128 Å². The summed E-state index contributed by atoms with van der Waals surface area (Å²) in [5, 5.41) is 0. The number of carbonyl (C=O) groups excluding carboxylic acids is 4. The standard InChI is InChI=1S/C14H20O8/c1-19-11(15)5-9-6-13(17)22-14(18)10(3-4-21-8-9)7-12(16)20-2/h9-10H,3-8H2,1-2H3/t9-,10-/m0/s1. The van der Waals surface area contributed by atoms with Crippen LogP contribution in [0.2, 0.25) is 0 Å². The molecular formula is C14H20O8. The Morgan fingerprint density at radius 2 is 1.77 bits per heavy atom. The Bertz CT molecular complexity index is 431. The normalized spacial score (nSPS) is 23.4. The van der Waals surface area contributed by atoms with E-state index in [4.69, 9.17) is 9.47 Å². The number of methoxy groups -OCH3 is 2. The first kappa shape index (κ1) is 18.1. The Kier molecular flexibility index (Phi) is 7.51. The van der Waals surface area contributed by atoms with Crippen LogP contribution in [0.25, 0.3) is 0 Å². The van der Waals surface area contributed by atoms with E-state index in [1.54, 1.807) is 0 Å². The summed E-state index contributed by atoms with van der Waals surface area (Å²) in [5.74, 6) is -3.75. The molecule has 22 heavy (non-hydrogen) atoms. The highest BCUT2D eigenvalue weighted by Crippen LogP contribution is 2.18. The van der Waals surface area contributed by atoms with Gasteiger partial charge in [0.15, 0.2) is 0 Å². The fraction of sp³-hybridized carbons (Fsp3) is 0.714. The van der Waals surface area contributed by atoms with Gasteiger partial charge in [0.2, 0.25) is 0 Å². The minimum Gasteiger partial charge on any atom is -0.469 e. The van der Waals surface area contributed by atoms with Gasteiger partial charge in [-0.15, -0.1) is 0 Å². The number of esters is 4.